The van der Waals surface area contributed by atoms with Crippen molar-refractivity contribution in [2.24, 2.45) is 17.8 Å². The predicted octanol–water partition coefficient (Wildman–Crippen LogP) is 3.86. The summed E-state index contributed by atoms with van der Waals surface area (Å²) in [4.78, 5) is 0. The van der Waals surface area contributed by atoms with Crippen molar-refractivity contribution in [3.05, 3.63) is 0 Å². The van der Waals surface area contributed by atoms with Crippen molar-refractivity contribution in [1.82, 2.24) is 0 Å². The Hall–Kier alpha value is -0.0400. The maximum atomic E-state index is 9.22. The van der Waals surface area contributed by atoms with Crippen LogP contribution in [0.5, 0.6) is 0 Å². The number of hydrogen-bond acceptors (Lipinski definition) is 1. The van der Waals surface area contributed by atoms with E-state index in [4.69, 9.17) is 0 Å². The summed E-state index contributed by atoms with van der Waals surface area (Å²) in [5.74, 6) is 2.32. The van der Waals surface area contributed by atoms with Gasteiger partial charge < -0.3 is 5.11 Å². The third kappa shape index (κ3) is 7.37. The number of aliphatic hydroxyl groups is 1. The van der Waals surface area contributed by atoms with E-state index in [9.17, 15) is 5.11 Å². The molecule has 0 amide bonds. The molecule has 0 bridgehead atoms. The first-order valence-corrected chi connectivity index (χ1v) is 6.11. The van der Waals surface area contributed by atoms with Crippen LogP contribution in [0.4, 0.5) is 0 Å². The van der Waals surface area contributed by atoms with Crippen molar-refractivity contribution in [2.45, 2.75) is 66.4 Å². The molecule has 1 heteroatoms. The van der Waals surface area contributed by atoms with Crippen LogP contribution in [-0.4, -0.2) is 11.2 Å². The Morgan fingerprint density at radius 2 is 1.50 bits per heavy atom. The summed E-state index contributed by atoms with van der Waals surface area (Å²) >= 11 is 0. The highest BCUT2D eigenvalue weighted by Gasteiger charge is 2.09. The van der Waals surface area contributed by atoms with Crippen LogP contribution in [0, 0.1) is 17.8 Å². The second kappa shape index (κ2) is 7.28. The van der Waals surface area contributed by atoms with Crippen LogP contribution in [-0.2, 0) is 0 Å². The molecule has 0 aliphatic rings. The van der Waals surface area contributed by atoms with E-state index in [2.05, 4.69) is 27.7 Å². The smallest absolute Gasteiger partial charge is 0.0514 e. The van der Waals surface area contributed by atoms with Crippen molar-refractivity contribution in [3.63, 3.8) is 0 Å². The average Bonchev–Trinajstić information content (AvgIpc) is 2.02. The molecule has 0 saturated carbocycles. The van der Waals surface area contributed by atoms with E-state index in [0.29, 0.717) is 5.92 Å². The minimum atomic E-state index is -0.132. The lowest BCUT2D eigenvalue weighted by molar-refractivity contribution is 0.160. The Labute approximate surface area is 89.9 Å². The summed E-state index contributed by atoms with van der Waals surface area (Å²) in [6.07, 6.45) is 4.74. The van der Waals surface area contributed by atoms with Crippen molar-refractivity contribution in [1.29, 1.82) is 0 Å². The maximum absolute atomic E-state index is 9.22. The first-order chi connectivity index (χ1) is 6.43. The maximum Gasteiger partial charge on any atom is 0.0514 e. The van der Waals surface area contributed by atoms with Crippen molar-refractivity contribution < 1.29 is 5.11 Å². The molecule has 1 N–H and O–H groups in total. The van der Waals surface area contributed by atoms with Gasteiger partial charge in [-0.2, -0.15) is 0 Å². The second-order valence-corrected chi connectivity index (χ2v) is 5.34. The lowest BCUT2D eigenvalue weighted by atomic mass is 9.90. The molecule has 3 unspecified atom stereocenters. The molecule has 0 heterocycles. The minimum absolute atomic E-state index is 0.132. The molecular formula is C13H28O. The summed E-state index contributed by atoms with van der Waals surface area (Å²) in [7, 11) is 0. The molecule has 0 rings (SSSR count). The predicted molar refractivity (Wildman–Crippen MR) is 63.3 cm³/mol. The average molecular weight is 200 g/mol. The van der Waals surface area contributed by atoms with Gasteiger partial charge >= 0.3 is 0 Å². The van der Waals surface area contributed by atoms with Gasteiger partial charge in [-0.05, 0) is 31.1 Å². The Bertz CT molecular complexity index is 129. The zero-order chi connectivity index (χ0) is 11.1. The van der Waals surface area contributed by atoms with E-state index in [1.807, 2.05) is 6.92 Å². The van der Waals surface area contributed by atoms with E-state index in [-0.39, 0.29) is 6.10 Å². The molecule has 0 aliphatic heterocycles. The van der Waals surface area contributed by atoms with Crippen LogP contribution in [0.3, 0.4) is 0 Å². The molecule has 1 nitrogen and oxygen atoms in total. The molecule has 86 valence electrons. The SMILES string of the molecule is CC(O)CC(C)CCCC(C)C(C)C. The molecular weight excluding hydrogens is 172 g/mol. The normalized spacial score (nSPS) is 18.2. The summed E-state index contributed by atoms with van der Waals surface area (Å²) in [5, 5.41) is 9.22. The quantitative estimate of drug-likeness (QED) is 0.661. The van der Waals surface area contributed by atoms with Crippen molar-refractivity contribution >= 4 is 0 Å². The fourth-order valence-electron chi connectivity index (χ4n) is 1.82. The Balaban J connectivity index is 3.44. The first kappa shape index (κ1) is 14.0. The van der Waals surface area contributed by atoms with Gasteiger partial charge in [0, 0.05) is 0 Å². The highest BCUT2D eigenvalue weighted by atomic mass is 16.3. The second-order valence-electron chi connectivity index (χ2n) is 5.34. The lowest BCUT2D eigenvalue weighted by Crippen LogP contribution is -2.08. The van der Waals surface area contributed by atoms with Crippen molar-refractivity contribution in [3.8, 4) is 0 Å². The van der Waals surface area contributed by atoms with Gasteiger partial charge in [-0.15, -0.1) is 0 Å². The van der Waals surface area contributed by atoms with Crippen LogP contribution in [0.15, 0.2) is 0 Å². The van der Waals surface area contributed by atoms with Gasteiger partial charge in [0.05, 0.1) is 6.10 Å². The van der Waals surface area contributed by atoms with Gasteiger partial charge in [0.1, 0.15) is 0 Å². The molecule has 0 aromatic carbocycles. The summed E-state index contributed by atoms with van der Waals surface area (Å²) in [6.45, 7) is 11.1. The van der Waals surface area contributed by atoms with E-state index in [0.717, 1.165) is 18.3 Å². The van der Waals surface area contributed by atoms with Crippen LogP contribution >= 0.6 is 0 Å². The minimum Gasteiger partial charge on any atom is -0.393 e. The monoisotopic (exact) mass is 200 g/mol. The van der Waals surface area contributed by atoms with Crippen LogP contribution in [0.2, 0.25) is 0 Å². The van der Waals surface area contributed by atoms with E-state index in [1.54, 1.807) is 0 Å². The molecule has 0 aromatic rings. The number of aliphatic hydroxyl groups excluding tert-OH is 1. The van der Waals surface area contributed by atoms with Gasteiger partial charge in [-0.3, -0.25) is 0 Å². The van der Waals surface area contributed by atoms with Crippen molar-refractivity contribution in [2.75, 3.05) is 0 Å². The van der Waals surface area contributed by atoms with Gasteiger partial charge in [-0.25, -0.2) is 0 Å². The zero-order valence-corrected chi connectivity index (χ0v) is 10.6. The van der Waals surface area contributed by atoms with E-state index in [1.165, 1.54) is 19.3 Å². The lowest BCUT2D eigenvalue weighted by Gasteiger charge is -2.17. The topological polar surface area (TPSA) is 20.2 Å². The molecule has 0 spiro atoms. The molecule has 0 aliphatic carbocycles. The Morgan fingerprint density at radius 3 is 1.93 bits per heavy atom. The third-order valence-electron chi connectivity index (χ3n) is 3.24. The zero-order valence-electron chi connectivity index (χ0n) is 10.6. The molecule has 14 heavy (non-hydrogen) atoms. The number of rotatable bonds is 7. The molecule has 0 fully saturated rings. The van der Waals surface area contributed by atoms with Crippen LogP contribution < -0.4 is 0 Å². The Morgan fingerprint density at radius 1 is 0.929 bits per heavy atom. The molecule has 0 aromatic heterocycles. The van der Waals surface area contributed by atoms with Gasteiger partial charge in [0.25, 0.3) is 0 Å². The fraction of sp³-hybridized carbons (Fsp3) is 1.00. The molecule has 0 radical (unpaired) electrons. The number of hydrogen-bond donors (Lipinski definition) is 1. The summed E-state index contributed by atoms with van der Waals surface area (Å²) in [6, 6.07) is 0. The first-order valence-electron chi connectivity index (χ1n) is 6.11. The highest BCUT2D eigenvalue weighted by Crippen LogP contribution is 2.20. The van der Waals surface area contributed by atoms with Crippen LogP contribution in [0.1, 0.15) is 60.3 Å². The molecule has 3 atom stereocenters. The standard InChI is InChI=1S/C13H28O/c1-10(2)12(4)8-6-7-11(3)9-13(5)14/h10-14H,6-9H2,1-5H3. The Kier molecular flexibility index (Phi) is 7.26. The van der Waals surface area contributed by atoms with Crippen LogP contribution in [0.25, 0.3) is 0 Å². The third-order valence-corrected chi connectivity index (χ3v) is 3.24. The van der Waals surface area contributed by atoms with Gasteiger partial charge in [0.2, 0.25) is 0 Å². The summed E-state index contributed by atoms with van der Waals surface area (Å²) < 4.78 is 0. The largest absolute Gasteiger partial charge is 0.393 e. The van der Waals surface area contributed by atoms with Gasteiger partial charge in [-0.1, -0.05) is 47.0 Å². The summed E-state index contributed by atoms with van der Waals surface area (Å²) in [5.41, 5.74) is 0. The van der Waals surface area contributed by atoms with E-state index < -0.39 is 0 Å². The highest BCUT2D eigenvalue weighted by molar-refractivity contribution is 4.61. The van der Waals surface area contributed by atoms with Gasteiger partial charge in [0.15, 0.2) is 0 Å². The fourth-order valence-corrected chi connectivity index (χ4v) is 1.82. The molecule has 0 saturated heterocycles. The van der Waals surface area contributed by atoms with E-state index >= 15 is 0 Å².